The Balaban J connectivity index is 1.04. The number of hydrogen-bond acceptors (Lipinski definition) is 6. The largest absolute Gasteiger partial charge is 0.441 e. The van der Waals surface area contributed by atoms with E-state index in [1.807, 2.05) is 62.4 Å². The Bertz CT molecular complexity index is 1370. The van der Waals surface area contributed by atoms with E-state index in [0.29, 0.717) is 51.9 Å². The highest BCUT2D eigenvalue weighted by Crippen LogP contribution is 2.28. The number of nitrogens with zero attached hydrogens (tertiary/aromatic N) is 1. The number of hydrogen-bond donors (Lipinski definition) is 3. The van der Waals surface area contributed by atoms with Gasteiger partial charge in [0.25, 0.3) is 0 Å². The average Bonchev–Trinajstić information content (AvgIpc) is 3.42. The molecule has 3 atom stereocenters. The van der Waals surface area contributed by atoms with E-state index in [1.54, 1.807) is 4.90 Å². The number of aliphatic hydroxyl groups excluding tert-OH is 1. The third-order valence-corrected chi connectivity index (χ3v) is 8.39. The Kier molecular flexibility index (Phi) is 13.9. The van der Waals surface area contributed by atoms with E-state index in [0.717, 1.165) is 60.8 Å². The van der Waals surface area contributed by atoms with Gasteiger partial charge in [-0.15, -0.1) is 0 Å². The monoisotopic (exact) mass is 631 g/mol. The molecule has 248 valence electrons. The number of nitrogens with one attached hydrogen (secondary N) is 2. The first kappa shape index (κ1) is 35.0. The Morgan fingerprint density at radius 2 is 1.57 bits per heavy atom. The maximum Gasteiger partial charge on any atom is 0.407 e. The van der Waals surface area contributed by atoms with E-state index in [2.05, 4.69) is 22.5 Å². The number of alkyl carbamates (subject to hydrolysis) is 1. The second-order valence-corrected chi connectivity index (χ2v) is 12.5. The average molecular weight is 632 g/mol. The first-order valence-corrected chi connectivity index (χ1v) is 16.8. The predicted molar refractivity (Wildman–Crippen MR) is 177 cm³/mol. The van der Waals surface area contributed by atoms with E-state index in [1.165, 1.54) is 0 Å². The fraction of sp³-hybridized carbons (Fsp3) is 0.541. The van der Waals surface area contributed by atoms with Crippen LogP contribution in [0.1, 0.15) is 100.0 Å². The normalized spacial score (nSPS) is 18.4. The van der Waals surface area contributed by atoms with Crippen molar-refractivity contribution in [3.05, 3.63) is 70.8 Å². The Labute approximate surface area is 273 Å². The quantitative estimate of drug-likeness (QED) is 0.177. The summed E-state index contributed by atoms with van der Waals surface area (Å²) in [5.41, 5.74) is 3.77. The summed E-state index contributed by atoms with van der Waals surface area (Å²) in [6.45, 7) is 5.83. The van der Waals surface area contributed by atoms with Crippen molar-refractivity contribution in [2.24, 2.45) is 0 Å². The number of unbranched alkanes of at least 4 members (excludes halogenated alkanes) is 4. The topological polar surface area (TPSA) is 117 Å². The number of carbonyl (C=O) groups is 3. The number of fused-ring (bicyclic) bond motifs is 2. The van der Waals surface area contributed by atoms with Crippen LogP contribution in [0.3, 0.4) is 0 Å². The van der Waals surface area contributed by atoms with Crippen molar-refractivity contribution >= 4 is 17.9 Å². The van der Waals surface area contributed by atoms with Gasteiger partial charge in [0.2, 0.25) is 11.8 Å². The summed E-state index contributed by atoms with van der Waals surface area (Å²) >= 11 is 0. The third-order valence-electron chi connectivity index (χ3n) is 8.39. The number of carbonyl (C=O) groups excluding carboxylic acids is 3. The van der Waals surface area contributed by atoms with Crippen LogP contribution in [0.2, 0.25) is 0 Å². The fourth-order valence-corrected chi connectivity index (χ4v) is 5.91. The standard InChI is InChI=1S/C37H49N3O6/c1-27(2)45-26-31-24-32(41)25-40(31)36(43)18-6-4-11-21-38-35(42)17-5-3-12-22-39-37(44)46-34-23-30-15-8-7-13-28(30)19-20-29-14-9-10-16-33(29)34/h7-10,13-16,27,31-32,34,41H,3-6,11-12,17-18,21-26H2,1-2H3,(H,38,42)(H,39,44)/t31-,32+,34?/m0/s1. The molecule has 3 amide bonds. The molecule has 0 spiro atoms. The van der Waals surface area contributed by atoms with Crippen LogP contribution >= 0.6 is 0 Å². The molecule has 1 unspecified atom stereocenters. The number of aliphatic hydroxyl groups is 1. The molecule has 9 heteroatoms. The van der Waals surface area contributed by atoms with Crippen LogP contribution in [0.5, 0.6) is 0 Å². The van der Waals surface area contributed by atoms with Crippen molar-refractivity contribution < 1.29 is 29.0 Å². The van der Waals surface area contributed by atoms with Gasteiger partial charge in [0.05, 0.1) is 24.9 Å². The van der Waals surface area contributed by atoms with Gasteiger partial charge < -0.3 is 30.1 Å². The van der Waals surface area contributed by atoms with Crippen LogP contribution in [0, 0.1) is 11.8 Å². The van der Waals surface area contributed by atoms with Gasteiger partial charge in [-0.2, -0.15) is 0 Å². The molecule has 0 radical (unpaired) electrons. The molecule has 1 aliphatic heterocycles. The van der Waals surface area contributed by atoms with E-state index in [9.17, 15) is 19.5 Å². The maximum absolute atomic E-state index is 12.7. The summed E-state index contributed by atoms with van der Waals surface area (Å²) in [5.74, 6) is 6.55. The van der Waals surface area contributed by atoms with Gasteiger partial charge in [0.1, 0.15) is 6.10 Å². The highest BCUT2D eigenvalue weighted by atomic mass is 16.6. The Morgan fingerprint density at radius 1 is 0.891 bits per heavy atom. The maximum atomic E-state index is 12.7. The zero-order valence-corrected chi connectivity index (χ0v) is 27.3. The third kappa shape index (κ3) is 11.2. The zero-order chi connectivity index (χ0) is 32.7. The molecule has 1 fully saturated rings. The summed E-state index contributed by atoms with van der Waals surface area (Å²) in [6.07, 6.45) is 5.46. The molecule has 0 saturated carbocycles. The summed E-state index contributed by atoms with van der Waals surface area (Å²) in [6, 6.07) is 15.7. The Morgan fingerprint density at radius 3 is 2.35 bits per heavy atom. The summed E-state index contributed by atoms with van der Waals surface area (Å²) in [4.78, 5) is 39.3. The van der Waals surface area contributed by atoms with Crippen LogP contribution in [-0.2, 0) is 25.5 Å². The molecule has 0 bridgehead atoms. The van der Waals surface area contributed by atoms with Gasteiger partial charge in [-0.05, 0) is 63.6 Å². The lowest BCUT2D eigenvalue weighted by atomic mass is 9.92. The predicted octanol–water partition coefficient (Wildman–Crippen LogP) is 5.03. The number of likely N-dealkylation sites (tertiary alicyclic amines) is 1. The van der Waals surface area contributed by atoms with Crippen LogP contribution in [0.25, 0.3) is 0 Å². The van der Waals surface area contributed by atoms with Gasteiger partial charge in [-0.25, -0.2) is 4.79 Å². The van der Waals surface area contributed by atoms with Gasteiger partial charge >= 0.3 is 6.09 Å². The molecule has 1 heterocycles. The summed E-state index contributed by atoms with van der Waals surface area (Å²) in [5, 5.41) is 15.8. The smallest absolute Gasteiger partial charge is 0.407 e. The number of benzene rings is 2. The minimum absolute atomic E-state index is 0.0221. The molecule has 1 aliphatic carbocycles. The lowest BCUT2D eigenvalue weighted by Crippen LogP contribution is -2.39. The van der Waals surface area contributed by atoms with Crippen molar-refractivity contribution in [2.45, 2.75) is 102 Å². The minimum Gasteiger partial charge on any atom is -0.441 e. The Hall–Kier alpha value is -3.87. The zero-order valence-electron chi connectivity index (χ0n) is 27.3. The highest BCUT2D eigenvalue weighted by Gasteiger charge is 2.34. The summed E-state index contributed by atoms with van der Waals surface area (Å²) in [7, 11) is 0. The molecule has 2 aromatic rings. The van der Waals surface area contributed by atoms with E-state index in [-0.39, 0.29) is 24.0 Å². The second-order valence-electron chi connectivity index (χ2n) is 12.5. The number of rotatable bonds is 16. The lowest BCUT2D eigenvalue weighted by molar-refractivity contribution is -0.134. The number of β-amino-alcohol motifs (C(OH)–C–C–N with tert-alkyl or cyclic N) is 1. The van der Waals surface area contributed by atoms with Crippen molar-refractivity contribution in [1.29, 1.82) is 0 Å². The van der Waals surface area contributed by atoms with Gasteiger partial charge in [-0.1, -0.05) is 61.1 Å². The first-order valence-electron chi connectivity index (χ1n) is 16.8. The lowest BCUT2D eigenvalue weighted by Gasteiger charge is -2.25. The number of amides is 3. The summed E-state index contributed by atoms with van der Waals surface area (Å²) < 4.78 is 11.5. The van der Waals surface area contributed by atoms with Crippen LogP contribution < -0.4 is 10.6 Å². The molecule has 2 aliphatic rings. The van der Waals surface area contributed by atoms with Gasteiger partial charge in [0.15, 0.2) is 0 Å². The molecule has 3 N–H and O–H groups in total. The molecule has 46 heavy (non-hydrogen) atoms. The van der Waals surface area contributed by atoms with Crippen molar-refractivity contribution in [1.82, 2.24) is 15.5 Å². The van der Waals surface area contributed by atoms with E-state index in [4.69, 9.17) is 9.47 Å². The van der Waals surface area contributed by atoms with Gasteiger partial charge in [0, 0.05) is 55.6 Å². The van der Waals surface area contributed by atoms with Crippen LogP contribution in [0.4, 0.5) is 4.79 Å². The molecule has 2 aromatic carbocycles. The molecular weight excluding hydrogens is 582 g/mol. The fourth-order valence-electron chi connectivity index (χ4n) is 5.91. The molecule has 4 rings (SSSR count). The van der Waals surface area contributed by atoms with Crippen LogP contribution in [0.15, 0.2) is 48.5 Å². The second kappa shape index (κ2) is 18.3. The van der Waals surface area contributed by atoms with Gasteiger partial charge in [-0.3, -0.25) is 9.59 Å². The number of ether oxygens (including phenoxy) is 2. The van der Waals surface area contributed by atoms with Crippen molar-refractivity contribution in [3.8, 4) is 11.8 Å². The van der Waals surface area contributed by atoms with E-state index < -0.39 is 18.3 Å². The van der Waals surface area contributed by atoms with Crippen molar-refractivity contribution in [3.63, 3.8) is 0 Å². The van der Waals surface area contributed by atoms with Crippen molar-refractivity contribution in [2.75, 3.05) is 26.2 Å². The first-order chi connectivity index (χ1) is 22.3. The molecular formula is C37H49N3O6. The van der Waals surface area contributed by atoms with Crippen LogP contribution in [-0.4, -0.2) is 72.4 Å². The molecule has 9 nitrogen and oxygen atoms in total. The SMILES string of the molecule is CC(C)OC[C@@H]1C[C@@H](O)CN1C(=O)CCCCCNC(=O)CCCCCNC(=O)OC1Cc2ccccc2C#Cc2ccccc21. The minimum atomic E-state index is -0.484. The van der Waals surface area contributed by atoms with E-state index >= 15 is 0 Å². The molecule has 1 saturated heterocycles. The highest BCUT2D eigenvalue weighted by molar-refractivity contribution is 5.77. The molecule has 0 aromatic heterocycles.